The highest BCUT2D eigenvalue weighted by molar-refractivity contribution is 5.30. The van der Waals surface area contributed by atoms with Gasteiger partial charge in [-0.05, 0) is 43.7 Å². The lowest BCUT2D eigenvalue weighted by molar-refractivity contribution is 0.0894. The fraction of sp³-hybridized carbons (Fsp3) is 0.400. The van der Waals surface area contributed by atoms with Crippen LogP contribution in [0.1, 0.15) is 49.8 Å². The van der Waals surface area contributed by atoms with Crippen molar-refractivity contribution in [3.63, 3.8) is 0 Å². The van der Waals surface area contributed by atoms with E-state index in [1.165, 1.54) is 36.8 Å². The fourth-order valence-corrected chi connectivity index (χ4v) is 3.34. The minimum absolute atomic E-state index is 0.174. The first-order valence-corrected chi connectivity index (χ1v) is 8.45. The summed E-state index contributed by atoms with van der Waals surface area (Å²) >= 11 is 0. The number of benzene rings is 2. The van der Waals surface area contributed by atoms with Gasteiger partial charge in [-0.15, -0.1) is 0 Å². The van der Waals surface area contributed by atoms with E-state index in [0.29, 0.717) is 12.1 Å². The molecule has 2 aliphatic carbocycles. The molecule has 0 spiro atoms. The molecule has 114 valence electrons. The van der Waals surface area contributed by atoms with Crippen LogP contribution in [-0.2, 0) is 5.54 Å². The molecule has 2 aromatic carbocycles. The number of nitrogens with one attached hydrogen (secondary N) is 1. The van der Waals surface area contributed by atoms with Gasteiger partial charge in [0.15, 0.2) is 0 Å². The molecule has 1 atom stereocenters. The van der Waals surface area contributed by atoms with Gasteiger partial charge < -0.3 is 0 Å². The molecule has 2 fully saturated rings. The van der Waals surface area contributed by atoms with Crippen LogP contribution in [0.25, 0.3) is 0 Å². The summed E-state index contributed by atoms with van der Waals surface area (Å²) in [5.41, 5.74) is 6.91. The molecule has 0 bridgehead atoms. The van der Waals surface area contributed by atoms with Gasteiger partial charge in [0, 0.05) is 12.1 Å². The minimum atomic E-state index is 0.174. The number of hydrogen-bond acceptors (Lipinski definition) is 2. The Morgan fingerprint density at radius 1 is 0.955 bits per heavy atom. The van der Waals surface area contributed by atoms with E-state index in [1.54, 1.807) is 0 Å². The van der Waals surface area contributed by atoms with Crippen molar-refractivity contribution in [1.82, 2.24) is 10.4 Å². The number of nitrogens with zero attached hydrogens (tertiary/aromatic N) is 1. The van der Waals surface area contributed by atoms with Crippen LogP contribution in [0.15, 0.2) is 60.7 Å². The Labute approximate surface area is 133 Å². The average Bonchev–Trinajstić information content (AvgIpc) is 3.48. The molecular formula is C20H24N2. The van der Waals surface area contributed by atoms with E-state index >= 15 is 0 Å². The van der Waals surface area contributed by atoms with Crippen molar-refractivity contribution in [2.45, 2.75) is 50.2 Å². The molecule has 4 rings (SSSR count). The molecule has 2 heteroatoms. The van der Waals surface area contributed by atoms with Crippen molar-refractivity contribution in [2.75, 3.05) is 0 Å². The van der Waals surface area contributed by atoms with Crippen LogP contribution in [-0.4, -0.2) is 11.1 Å². The predicted octanol–water partition coefficient (Wildman–Crippen LogP) is 4.41. The Morgan fingerprint density at radius 2 is 1.55 bits per heavy atom. The van der Waals surface area contributed by atoms with Crippen molar-refractivity contribution in [3.05, 3.63) is 71.8 Å². The zero-order valence-corrected chi connectivity index (χ0v) is 13.2. The largest absolute Gasteiger partial charge is 0.244 e. The number of rotatable bonds is 6. The fourth-order valence-electron chi connectivity index (χ4n) is 3.34. The summed E-state index contributed by atoms with van der Waals surface area (Å²) < 4.78 is 0. The van der Waals surface area contributed by atoms with Crippen LogP contribution < -0.4 is 5.43 Å². The van der Waals surface area contributed by atoms with Gasteiger partial charge in [-0.25, -0.2) is 10.4 Å². The van der Waals surface area contributed by atoms with Gasteiger partial charge in [0.2, 0.25) is 0 Å². The molecule has 22 heavy (non-hydrogen) atoms. The van der Waals surface area contributed by atoms with E-state index in [9.17, 15) is 0 Å². The number of hydrazine groups is 1. The summed E-state index contributed by atoms with van der Waals surface area (Å²) in [6.45, 7) is 2.32. The highest BCUT2D eigenvalue weighted by atomic mass is 15.6. The zero-order chi connectivity index (χ0) is 15.0. The normalized spacial score (nSPS) is 20.8. The average molecular weight is 292 g/mol. The standard InChI is InChI=1S/C20H24N2/c1-16(17-8-4-2-5-9-17)22(19-12-13-19)21-20(14-15-20)18-10-6-3-7-11-18/h2-11,16,19,21H,12-15H2,1H3. The molecule has 0 aromatic heterocycles. The summed E-state index contributed by atoms with van der Waals surface area (Å²) in [5, 5.41) is 2.52. The van der Waals surface area contributed by atoms with Gasteiger partial charge in [0.25, 0.3) is 0 Å². The van der Waals surface area contributed by atoms with Crippen LogP contribution in [0.3, 0.4) is 0 Å². The summed E-state index contributed by atoms with van der Waals surface area (Å²) in [5.74, 6) is 0. The first kappa shape index (κ1) is 14.0. The molecule has 0 amide bonds. The van der Waals surface area contributed by atoms with Gasteiger partial charge in [-0.2, -0.15) is 0 Å². The second-order valence-corrected chi connectivity index (χ2v) is 6.79. The van der Waals surface area contributed by atoms with E-state index in [-0.39, 0.29) is 5.54 Å². The van der Waals surface area contributed by atoms with Crippen molar-refractivity contribution in [1.29, 1.82) is 0 Å². The Hall–Kier alpha value is -1.64. The maximum Gasteiger partial charge on any atom is 0.0576 e. The van der Waals surface area contributed by atoms with E-state index < -0.39 is 0 Å². The summed E-state index contributed by atoms with van der Waals surface area (Å²) in [7, 11) is 0. The van der Waals surface area contributed by atoms with Crippen LogP contribution >= 0.6 is 0 Å². The van der Waals surface area contributed by atoms with Crippen LogP contribution in [0.2, 0.25) is 0 Å². The third-order valence-corrected chi connectivity index (χ3v) is 5.06. The van der Waals surface area contributed by atoms with Gasteiger partial charge in [-0.3, -0.25) is 0 Å². The van der Waals surface area contributed by atoms with Crippen LogP contribution in [0.5, 0.6) is 0 Å². The SMILES string of the molecule is CC(c1ccccc1)N(NC1(c2ccccc2)CC1)C1CC1. The summed E-state index contributed by atoms with van der Waals surface area (Å²) in [6.07, 6.45) is 5.10. The van der Waals surface area contributed by atoms with Crippen LogP contribution in [0.4, 0.5) is 0 Å². The first-order chi connectivity index (χ1) is 10.8. The molecule has 1 N–H and O–H groups in total. The molecule has 0 radical (unpaired) electrons. The van der Waals surface area contributed by atoms with Crippen molar-refractivity contribution in [3.8, 4) is 0 Å². The molecule has 1 unspecified atom stereocenters. The van der Waals surface area contributed by atoms with Gasteiger partial charge >= 0.3 is 0 Å². The van der Waals surface area contributed by atoms with Gasteiger partial charge in [0.05, 0.1) is 5.54 Å². The molecule has 2 aliphatic rings. The van der Waals surface area contributed by atoms with Crippen molar-refractivity contribution < 1.29 is 0 Å². The molecule has 0 saturated heterocycles. The quantitative estimate of drug-likeness (QED) is 0.794. The molecule has 2 nitrogen and oxygen atoms in total. The molecule has 0 aliphatic heterocycles. The smallest absolute Gasteiger partial charge is 0.0576 e. The molecular weight excluding hydrogens is 268 g/mol. The minimum Gasteiger partial charge on any atom is -0.244 e. The van der Waals surface area contributed by atoms with Gasteiger partial charge in [0.1, 0.15) is 0 Å². The third-order valence-electron chi connectivity index (χ3n) is 5.06. The van der Waals surface area contributed by atoms with E-state index in [4.69, 9.17) is 0 Å². The maximum atomic E-state index is 3.91. The molecule has 0 heterocycles. The molecule has 2 aromatic rings. The van der Waals surface area contributed by atoms with Gasteiger partial charge in [-0.1, -0.05) is 60.7 Å². The zero-order valence-electron chi connectivity index (χ0n) is 13.2. The van der Waals surface area contributed by atoms with Crippen molar-refractivity contribution in [2.24, 2.45) is 0 Å². The maximum absolute atomic E-state index is 3.91. The predicted molar refractivity (Wildman–Crippen MR) is 90.2 cm³/mol. The first-order valence-electron chi connectivity index (χ1n) is 8.45. The Bertz CT molecular complexity index is 615. The lowest BCUT2D eigenvalue weighted by atomic mass is 10.0. The summed E-state index contributed by atoms with van der Waals surface area (Å²) in [6, 6.07) is 22.9. The third kappa shape index (κ3) is 2.69. The lowest BCUT2D eigenvalue weighted by Crippen LogP contribution is -2.47. The summed E-state index contributed by atoms with van der Waals surface area (Å²) in [4.78, 5) is 0. The Balaban J connectivity index is 1.56. The number of hydrogen-bond donors (Lipinski definition) is 1. The van der Waals surface area contributed by atoms with E-state index in [2.05, 4.69) is 78.0 Å². The Kier molecular flexibility index (Phi) is 3.51. The highest BCUT2D eigenvalue weighted by Crippen LogP contribution is 2.47. The Morgan fingerprint density at radius 3 is 2.09 bits per heavy atom. The lowest BCUT2D eigenvalue weighted by Gasteiger charge is -2.34. The molecule has 2 saturated carbocycles. The van der Waals surface area contributed by atoms with E-state index in [0.717, 1.165) is 0 Å². The second kappa shape index (κ2) is 5.53. The van der Waals surface area contributed by atoms with Crippen molar-refractivity contribution >= 4 is 0 Å². The highest BCUT2D eigenvalue weighted by Gasteiger charge is 2.48. The monoisotopic (exact) mass is 292 g/mol. The van der Waals surface area contributed by atoms with Crippen LogP contribution in [0, 0.1) is 0 Å². The van der Waals surface area contributed by atoms with E-state index in [1.807, 2.05) is 0 Å². The second-order valence-electron chi connectivity index (χ2n) is 6.79. The topological polar surface area (TPSA) is 15.3 Å².